The third-order valence-electron chi connectivity index (χ3n) is 6.47. The Bertz CT molecular complexity index is 1500. The number of ether oxygens (including phenoxy) is 1. The van der Waals surface area contributed by atoms with Crippen LogP contribution in [0.2, 0.25) is 0 Å². The molecule has 188 valence electrons. The maximum absolute atomic E-state index is 13.7. The van der Waals surface area contributed by atoms with E-state index in [1.54, 1.807) is 48.5 Å². The zero-order valence-electron chi connectivity index (χ0n) is 20.7. The number of para-hydroxylation sites is 2. The van der Waals surface area contributed by atoms with Gasteiger partial charge in [0.2, 0.25) is 0 Å². The van der Waals surface area contributed by atoms with Gasteiger partial charge in [-0.05, 0) is 49.2 Å². The molecule has 5 rings (SSSR count). The number of carbonyl (C=O) groups excluding carboxylic acids is 1. The van der Waals surface area contributed by atoms with E-state index in [9.17, 15) is 13.2 Å². The molecule has 0 radical (unpaired) electrons. The van der Waals surface area contributed by atoms with Gasteiger partial charge >= 0.3 is 0 Å². The fraction of sp³-hybridized carbons (Fsp3) is 0.167. The third-order valence-corrected chi connectivity index (χ3v) is 8.26. The number of anilines is 1. The van der Waals surface area contributed by atoms with Crippen molar-refractivity contribution < 1.29 is 17.9 Å². The monoisotopic (exact) mass is 512 g/mol. The molecule has 7 heteroatoms. The topological polar surface area (TPSA) is 75.7 Å². The summed E-state index contributed by atoms with van der Waals surface area (Å²) >= 11 is 0. The van der Waals surface area contributed by atoms with Crippen molar-refractivity contribution in [2.75, 3.05) is 10.8 Å². The van der Waals surface area contributed by atoms with Crippen molar-refractivity contribution in [2.24, 2.45) is 0 Å². The molecular formula is C30H28N2O4S. The minimum atomic E-state index is -3.92. The van der Waals surface area contributed by atoms with Crippen LogP contribution < -0.4 is 14.4 Å². The number of rotatable bonds is 6. The predicted molar refractivity (Wildman–Crippen MR) is 144 cm³/mol. The van der Waals surface area contributed by atoms with E-state index in [1.807, 2.05) is 68.4 Å². The van der Waals surface area contributed by atoms with Gasteiger partial charge in [0.15, 0.2) is 6.10 Å². The number of carbonyl (C=O) groups is 1. The number of sulfonamides is 1. The Morgan fingerprint density at radius 1 is 0.811 bits per heavy atom. The van der Waals surface area contributed by atoms with Crippen LogP contribution in [0.1, 0.15) is 28.3 Å². The van der Waals surface area contributed by atoms with Crippen molar-refractivity contribution >= 4 is 21.6 Å². The minimum Gasteiger partial charge on any atom is -0.476 e. The number of hydrogen-bond donors (Lipinski definition) is 1. The molecule has 0 aromatic heterocycles. The highest BCUT2D eigenvalue weighted by Crippen LogP contribution is 2.37. The number of benzene rings is 4. The molecule has 0 fully saturated rings. The highest BCUT2D eigenvalue weighted by Gasteiger charge is 2.38. The predicted octanol–water partition coefficient (Wildman–Crippen LogP) is 5.17. The van der Waals surface area contributed by atoms with Gasteiger partial charge in [0, 0.05) is 0 Å². The van der Waals surface area contributed by atoms with Gasteiger partial charge in [0.1, 0.15) is 5.75 Å². The summed E-state index contributed by atoms with van der Waals surface area (Å²) < 4.78 is 34.6. The van der Waals surface area contributed by atoms with Gasteiger partial charge in [-0.3, -0.25) is 9.10 Å². The minimum absolute atomic E-state index is 0.144. The first kappa shape index (κ1) is 24.6. The van der Waals surface area contributed by atoms with Crippen LogP contribution in [0.25, 0.3) is 0 Å². The standard InChI is InChI=1S/C30H28N2O4S/c1-21-12-16-24(17-13-21)29(23-8-4-3-5-9-23)31-30(33)28-20-32(26-10-6-7-11-27(26)36-28)37(34,35)25-18-14-22(2)15-19-25/h3-19,28-29H,20H2,1-2H3,(H,31,33)/t28-,29-/m0/s1. The van der Waals surface area contributed by atoms with E-state index in [0.717, 1.165) is 22.3 Å². The zero-order chi connectivity index (χ0) is 26.0. The highest BCUT2D eigenvalue weighted by molar-refractivity contribution is 7.92. The second-order valence-electron chi connectivity index (χ2n) is 9.19. The Balaban J connectivity index is 1.47. The van der Waals surface area contributed by atoms with Crippen molar-refractivity contribution in [3.8, 4) is 5.75 Å². The zero-order valence-corrected chi connectivity index (χ0v) is 21.5. The Labute approximate surface area is 217 Å². The number of nitrogens with one attached hydrogen (secondary N) is 1. The Kier molecular flexibility index (Phi) is 6.72. The first-order valence-electron chi connectivity index (χ1n) is 12.1. The molecule has 0 aliphatic carbocycles. The molecule has 0 saturated heterocycles. The first-order valence-corrected chi connectivity index (χ1v) is 13.5. The molecule has 0 saturated carbocycles. The second-order valence-corrected chi connectivity index (χ2v) is 11.0. The van der Waals surface area contributed by atoms with Crippen molar-refractivity contribution in [2.45, 2.75) is 30.9 Å². The van der Waals surface area contributed by atoms with Crippen LogP contribution in [0.15, 0.2) is 108 Å². The van der Waals surface area contributed by atoms with Crippen LogP contribution in [0.4, 0.5) is 5.69 Å². The molecule has 0 bridgehead atoms. The quantitative estimate of drug-likeness (QED) is 0.387. The molecular weight excluding hydrogens is 484 g/mol. The lowest BCUT2D eigenvalue weighted by atomic mass is 9.97. The van der Waals surface area contributed by atoms with E-state index in [1.165, 1.54) is 4.31 Å². The largest absolute Gasteiger partial charge is 0.476 e. The van der Waals surface area contributed by atoms with Crippen molar-refractivity contribution in [1.29, 1.82) is 0 Å². The normalized spacial score (nSPS) is 15.8. The van der Waals surface area contributed by atoms with Crippen LogP contribution in [0, 0.1) is 13.8 Å². The van der Waals surface area contributed by atoms with Crippen LogP contribution in [0.3, 0.4) is 0 Å². The van der Waals surface area contributed by atoms with Gasteiger partial charge in [0.05, 0.1) is 23.2 Å². The summed E-state index contributed by atoms with van der Waals surface area (Å²) in [5.74, 6) is -0.0516. The number of fused-ring (bicyclic) bond motifs is 1. The van der Waals surface area contributed by atoms with E-state index in [0.29, 0.717) is 11.4 Å². The smallest absolute Gasteiger partial charge is 0.264 e. The summed E-state index contributed by atoms with van der Waals surface area (Å²) in [6.45, 7) is 3.77. The molecule has 6 nitrogen and oxygen atoms in total. The number of nitrogens with zero attached hydrogens (tertiary/aromatic N) is 1. The molecule has 4 aromatic rings. The van der Waals surface area contributed by atoms with Crippen LogP contribution >= 0.6 is 0 Å². The van der Waals surface area contributed by atoms with Gasteiger partial charge in [-0.2, -0.15) is 0 Å². The van der Waals surface area contributed by atoms with E-state index >= 15 is 0 Å². The third kappa shape index (κ3) is 5.08. The average Bonchev–Trinajstić information content (AvgIpc) is 2.92. The van der Waals surface area contributed by atoms with Gasteiger partial charge in [0.25, 0.3) is 15.9 Å². The fourth-order valence-electron chi connectivity index (χ4n) is 4.40. The molecule has 0 unspecified atom stereocenters. The molecule has 1 aliphatic heterocycles. The van der Waals surface area contributed by atoms with Gasteiger partial charge in [-0.15, -0.1) is 0 Å². The maximum Gasteiger partial charge on any atom is 0.264 e. The highest BCUT2D eigenvalue weighted by atomic mass is 32.2. The summed E-state index contributed by atoms with van der Waals surface area (Å²) in [7, 11) is -3.92. The fourth-order valence-corrected chi connectivity index (χ4v) is 5.88. The molecule has 1 N–H and O–H groups in total. The molecule has 37 heavy (non-hydrogen) atoms. The molecule has 1 amide bonds. The van der Waals surface area contributed by atoms with E-state index in [2.05, 4.69) is 5.32 Å². The molecule has 1 heterocycles. The Morgan fingerprint density at radius 2 is 1.38 bits per heavy atom. The van der Waals surface area contributed by atoms with Crippen LogP contribution in [-0.4, -0.2) is 27.0 Å². The van der Waals surface area contributed by atoms with Crippen molar-refractivity contribution in [3.05, 3.63) is 125 Å². The lowest BCUT2D eigenvalue weighted by molar-refractivity contribution is -0.128. The Morgan fingerprint density at radius 3 is 2.05 bits per heavy atom. The SMILES string of the molecule is Cc1ccc([C@@H](NC(=O)[C@@H]2CN(S(=O)(=O)c3ccc(C)cc3)c3ccccc3O2)c2ccccc2)cc1. The average molecular weight is 513 g/mol. The molecule has 0 spiro atoms. The van der Waals surface area contributed by atoms with Gasteiger partial charge in [-0.25, -0.2) is 8.42 Å². The van der Waals surface area contributed by atoms with E-state index < -0.39 is 28.1 Å². The number of aryl methyl sites for hydroxylation is 2. The molecule has 4 aromatic carbocycles. The molecule has 1 aliphatic rings. The van der Waals surface area contributed by atoms with E-state index in [-0.39, 0.29) is 11.4 Å². The summed E-state index contributed by atoms with van der Waals surface area (Å²) in [4.78, 5) is 13.8. The van der Waals surface area contributed by atoms with E-state index in [4.69, 9.17) is 4.74 Å². The first-order chi connectivity index (χ1) is 17.8. The maximum atomic E-state index is 13.7. The number of hydrogen-bond acceptors (Lipinski definition) is 4. The lowest BCUT2D eigenvalue weighted by Crippen LogP contribution is -2.51. The van der Waals surface area contributed by atoms with Gasteiger partial charge < -0.3 is 10.1 Å². The molecule has 2 atom stereocenters. The number of amides is 1. The lowest BCUT2D eigenvalue weighted by Gasteiger charge is -2.35. The van der Waals surface area contributed by atoms with Crippen LogP contribution in [-0.2, 0) is 14.8 Å². The summed E-state index contributed by atoms with van der Waals surface area (Å²) in [5, 5.41) is 3.10. The van der Waals surface area contributed by atoms with Gasteiger partial charge in [-0.1, -0.05) is 90.0 Å². The van der Waals surface area contributed by atoms with Crippen molar-refractivity contribution in [1.82, 2.24) is 5.32 Å². The Hall–Kier alpha value is -4.10. The second kappa shape index (κ2) is 10.1. The summed E-state index contributed by atoms with van der Waals surface area (Å²) in [6, 6.07) is 30.8. The summed E-state index contributed by atoms with van der Waals surface area (Å²) in [6.07, 6.45) is -1.04. The summed E-state index contributed by atoms with van der Waals surface area (Å²) in [5.41, 5.74) is 4.32. The van der Waals surface area contributed by atoms with Crippen molar-refractivity contribution in [3.63, 3.8) is 0 Å². The van der Waals surface area contributed by atoms with Crippen LogP contribution in [0.5, 0.6) is 5.75 Å².